The largest absolute Gasteiger partial charge is 0.283 e. The number of fused-ring (bicyclic) bond motifs is 3. The second-order valence-corrected chi connectivity index (χ2v) is 9.96. The lowest BCUT2D eigenvalue weighted by atomic mass is 9.97. The zero-order valence-electron chi connectivity index (χ0n) is 17.3. The van der Waals surface area contributed by atoms with Crippen molar-refractivity contribution in [3.05, 3.63) is 105 Å². The number of nitrogens with zero attached hydrogens (tertiary/aromatic N) is 2. The topological polar surface area (TPSA) is 34.9 Å². The van der Waals surface area contributed by atoms with E-state index in [-0.39, 0.29) is 10.8 Å². The summed E-state index contributed by atoms with van der Waals surface area (Å²) in [5.41, 5.74) is 3.71. The Kier molecular flexibility index (Phi) is 5.79. The Balaban J connectivity index is 1.66. The van der Waals surface area contributed by atoms with E-state index in [2.05, 4.69) is 55.1 Å². The highest BCUT2D eigenvalue weighted by molar-refractivity contribution is 7.99. The van der Waals surface area contributed by atoms with Crippen LogP contribution < -0.4 is 5.56 Å². The van der Waals surface area contributed by atoms with E-state index in [1.165, 1.54) is 28.0 Å². The van der Waals surface area contributed by atoms with Crippen molar-refractivity contribution in [2.45, 2.75) is 42.6 Å². The van der Waals surface area contributed by atoms with E-state index in [4.69, 9.17) is 4.98 Å². The first kappa shape index (κ1) is 20.3. The molecule has 0 fully saturated rings. The third kappa shape index (κ3) is 3.88. The average molecular weight is 445 g/mol. The van der Waals surface area contributed by atoms with Crippen LogP contribution in [0.25, 0.3) is 10.2 Å². The minimum absolute atomic E-state index is 0.0531. The van der Waals surface area contributed by atoms with Gasteiger partial charge >= 0.3 is 0 Å². The molecule has 1 aliphatic rings. The Hall–Kier alpha value is -2.63. The van der Waals surface area contributed by atoms with Crippen molar-refractivity contribution in [1.82, 2.24) is 9.55 Å². The SMILES string of the molecule is C=CCn1c(SC(c2ccccc2)c2ccccc2)nc2sc3c(c2c1=O)CCCC3. The number of allylic oxidation sites excluding steroid dienone is 1. The normalized spacial score (nSPS) is 13.5. The van der Waals surface area contributed by atoms with Crippen LogP contribution in [-0.4, -0.2) is 9.55 Å². The second-order valence-electron chi connectivity index (χ2n) is 7.81. The summed E-state index contributed by atoms with van der Waals surface area (Å²) in [5.74, 6) is 0. The molecule has 2 aromatic heterocycles. The van der Waals surface area contributed by atoms with Gasteiger partial charge in [0.25, 0.3) is 5.56 Å². The maximum atomic E-state index is 13.6. The van der Waals surface area contributed by atoms with Gasteiger partial charge in [-0.25, -0.2) is 4.98 Å². The van der Waals surface area contributed by atoms with Gasteiger partial charge in [-0.3, -0.25) is 9.36 Å². The summed E-state index contributed by atoms with van der Waals surface area (Å²) in [4.78, 5) is 20.9. The Morgan fingerprint density at radius 1 is 1.03 bits per heavy atom. The van der Waals surface area contributed by atoms with Crippen molar-refractivity contribution < 1.29 is 0 Å². The molecular weight excluding hydrogens is 420 g/mol. The lowest BCUT2D eigenvalue weighted by Gasteiger charge is -2.19. The number of aryl methyl sites for hydroxylation is 2. The number of hydrogen-bond acceptors (Lipinski definition) is 4. The highest BCUT2D eigenvalue weighted by Crippen LogP contribution is 2.41. The van der Waals surface area contributed by atoms with Gasteiger partial charge in [0.05, 0.1) is 10.6 Å². The van der Waals surface area contributed by atoms with Crippen molar-refractivity contribution in [3.8, 4) is 0 Å². The van der Waals surface area contributed by atoms with Gasteiger partial charge in [-0.1, -0.05) is 78.5 Å². The first-order chi connectivity index (χ1) is 15.3. The molecule has 0 saturated carbocycles. The molecule has 0 radical (unpaired) electrons. The maximum absolute atomic E-state index is 13.6. The number of aromatic nitrogens is 2. The van der Waals surface area contributed by atoms with Crippen molar-refractivity contribution in [2.24, 2.45) is 0 Å². The molecule has 1 aliphatic carbocycles. The number of rotatable bonds is 6. The minimum atomic E-state index is 0.0531. The summed E-state index contributed by atoms with van der Waals surface area (Å²) in [6.45, 7) is 4.36. The van der Waals surface area contributed by atoms with E-state index in [9.17, 15) is 4.79 Å². The van der Waals surface area contributed by atoms with Gasteiger partial charge in [0.15, 0.2) is 5.16 Å². The number of benzene rings is 2. The fraction of sp³-hybridized carbons (Fsp3) is 0.231. The van der Waals surface area contributed by atoms with E-state index in [1.54, 1.807) is 33.7 Å². The molecule has 0 atom stereocenters. The molecule has 5 heteroatoms. The Morgan fingerprint density at radius 2 is 1.68 bits per heavy atom. The van der Waals surface area contributed by atoms with Crippen molar-refractivity contribution >= 4 is 33.3 Å². The van der Waals surface area contributed by atoms with E-state index >= 15 is 0 Å². The molecule has 156 valence electrons. The second kappa shape index (κ2) is 8.85. The zero-order valence-corrected chi connectivity index (χ0v) is 18.9. The average Bonchev–Trinajstić information content (AvgIpc) is 3.19. The third-order valence-corrected chi connectivity index (χ3v) is 8.27. The molecule has 31 heavy (non-hydrogen) atoms. The van der Waals surface area contributed by atoms with Gasteiger partial charge in [0.2, 0.25) is 0 Å². The molecule has 0 bridgehead atoms. The predicted molar refractivity (Wildman–Crippen MR) is 131 cm³/mol. The molecule has 0 amide bonds. The molecule has 3 nitrogen and oxygen atoms in total. The zero-order chi connectivity index (χ0) is 21.2. The number of thiophene rings is 1. The lowest BCUT2D eigenvalue weighted by Crippen LogP contribution is -2.23. The molecule has 5 rings (SSSR count). The molecule has 0 unspecified atom stereocenters. The van der Waals surface area contributed by atoms with E-state index in [0.29, 0.717) is 6.54 Å². The minimum Gasteiger partial charge on any atom is -0.283 e. The maximum Gasteiger partial charge on any atom is 0.263 e. The van der Waals surface area contributed by atoms with Gasteiger partial charge in [-0.2, -0.15) is 0 Å². The standard InChI is InChI=1S/C26H24N2OS2/c1-2-17-28-25(29)22-20-15-9-10-16-21(20)30-24(22)27-26(28)31-23(18-11-5-3-6-12-18)19-13-7-4-8-14-19/h2-8,11-14,23H,1,9-10,15-17H2. The number of hydrogen-bond donors (Lipinski definition) is 0. The summed E-state index contributed by atoms with van der Waals surface area (Å²) in [6.07, 6.45) is 6.20. The van der Waals surface area contributed by atoms with Crippen LogP contribution in [0.3, 0.4) is 0 Å². The Labute approximate surface area is 190 Å². The van der Waals surface area contributed by atoms with Crippen LogP contribution in [0.4, 0.5) is 0 Å². The molecule has 0 saturated heterocycles. The van der Waals surface area contributed by atoms with Crippen LogP contribution in [0, 0.1) is 0 Å². The summed E-state index contributed by atoms with van der Waals surface area (Å²) in [5, 5.41) is 1.65. The van der Waals surface area contributed by atoms with Gasteiger partial charge in [-0.05, 0) is 42.4 Å². The molecule has 2 aromatic carbocycles. The monoisotopic (exact) mass is 444 g/mol. The van der Waals surface area contributed by atoms with E-state index in [1.807, 2.05) is 12.1 Å². The number of thioether (sulfide) groups is 1. The Bertz CT molecular complexity index is 1240. The van der Waals surface area contributed by atoms with E-state index in [0.717, 1.165) is 34.6 Å². The van der Waals surface area contributed by atoms with Crippen molar-refractivity contribution in [1.29, 1.82) is 0 Å². The van der Waals surface area contributed by atoms with Crippen LogP contribution in [0.2, 0.25) is 0 Å². The van der Waals surface area contributed by atoms with Gasteiger partial charge in [-0.15, -0.1) is 17.9 Å². The summed E-state index contributed by atoms with van der Waals surface area (Å²) in [6, 6.07) is 20.9. The predicted octanol–water partition coefficient (Wildman–Crippen LogP) is 6.40. The summed E-state index contributed by atoms with van der Waals surface area (Å²) >= 11 is 3.36. The van der Waals surface area contributed by atoms with Crippen LogP contribution >= 0.6 is 23.1 Å². The highest BCUT2D eigenvalue weighted by Gasteiger charge is 2.24. The lowest BCUT2D eigenvalue weighted by molar-refractivity contribution is 0.667. The highest BCUT2D eigenvalue weighted by atomic mass is 32.2. The molecule has 0 spiro atoms. The van der Waals surface area contributed by atoms with E-state index < -0.39 is 0 Å². The summed E-state index contributed by atoms with van der Waals surface area (Å²) in [7, 11) is 0. The van der Waals surface area contributed by atoms with Crippen LogP contribution in [0.5, 0.6) is 0 Å². The molecular formula is C26H24N2OS2. The molecule has 0 aliphatic heterocycles. The van der Waals surface area contributed by atoms with Crippen LogP contribution in [0.1, 0.15) is 39.7 Å². The quantitative estimate of drug-likeness (QED) is 0.196. The first-order valence-corrected chi connectivity index (χ1v) is 12.4. The fourth-order valence-corrected chi connectivity index (χ4v) is 6.83. The summed E-state index contributed by atoms with van der Waals surface area (Å²) < 4.78 is 1.81. The Morgan fingerprint density at radius 3 is 2.32 bits per heavy atom. The fourth-order valence-electron chi connectivity index (χ4n) is 4.29. The van der Waals surface area contributed by atoms with Gasteiger partial charge < -0.3 is 0 Å². The van der Waals surface area contributed by atoms with Crippen LogP contribution in [0.15, 0.2) is 83.3 Å². The smallest absolute Gasteiger partial charge is 0.263 e. The first-order valence-electron chi connectivity index (χ1n) is 10.7. The van der Waals surface area contributed by atoms with Gasteiger partial charge in [0, 0.05) is 11.4 Å². The third-order valence-electron chi connectivity index (χ3n) is 5.78. The molecule has 2 heterocycles. The van der Waals surface area contributed by atoms with Crippen LogP contribution in [-0.2, 0) is 19.4 Å². The molecule has 4 aromatic rings. The van der Waals surface area contributed by atoms with Crippen molar-refractivity contribution in [2.75, 3.05) is 0 Å². The van der Waals surface area contributed by atoms with Crippen molar-refractivity contribution in [3.63, 3.8) is 0 Å². The molecule has 0 N–H and O–H groups in total. The van der Waals surface area contributed by atoms with Gasteiger partial charge in [0.1, 0.15) is 4.83 Å².